The molecule has 0 saturated heterocycles. The highest BCUT2D eigenvalue weighted by Crippen LogP contribution is 2.59. The van der Waals surface area contributed by atoms with E-state index in [1.807, 2.05) is 0 Å². The minimum Gasteiger partial charge on any atom is -0.454 e. The summed E-state index contributed by atoms with van der Waals surface area (Å²) in [7, 11) is 0. The summed E-state index contributed by atoms with van der Waals surface area (Å²) >= 11 is 0. The van der Waals surface area contributed by atoms with Gasteiger partial charge < -0.3 is 18.6 Å². The predicted octanol–water partition coefficient (Wildman–Crippen LogP) is 26.1. The third-order valence-electron chi connectivity index (χ3n) is 21.3. The van der Waals surface area contributed by atoms with Crippen molar-refractivity contribution in [2.24, 2.45) is 0 Å². The lowest BCUT2D eigenvalue weighted by Gasteiger charge is -2.31. The van der Waals surface area contributed by atoms with Gasteiger partial charge in [-0.05, 0) is 196 Å². The van der Waals surface area contributed by atoms with Crippen molar-refractivity contribution in [1.29, 1.82) is 0 Å². The van der Waals surface area contributed by atoms with Crippen LogP contribution in [0.2, 0.25) is 0 Å². The van der Waals surface area contributed by atoms with E-state index in [9.17, 15) is 0 Å². The lowest BCUT2D eigenvalue weighted by atomic mass is 9.81. The molecule has 95 heavy (non-hydrogen) atoms. The number of furan rings is 2. The van der Waals surface area contributed by atoms with Crippen LogP contribution in [0.5, 0.6) is 0 Å². The summed E-state index contributed by atoms with van der Waals surface area (Å²) < 4.78 is 14.0. The standard InChI is InChI=1S/C91H66N2O2/c1-54(2)55-40-43-63(44-41-55)92(80-36-20-33-70-67-30-14-17-38-84(67)94-88(70)80)82-52-78-87(74-49-58-23-8-10-25-60(58)51-76(74)91(78,5)6)72-47-61(42-45-66(72)82)56-26-19-27-62(46-56)64-28-13-16-35-79(64)93(81-37-21-34-71-68-31-15-18-39-85(68)95-89(71)81)83-53-77-86(69-32-12-11-29-65(69)83)73-48-57-22-7-9-24-59(57)50-75(73)90(77,3)4/h7-54H,1-6H3. The summed E-state index contributed by atoms with van der Waals surface area (Å²) in [5, 5.41) is 14.1. The average molecular weight is 1220 g/mol. The van der Waals surface area contributed by atoms with E-state index in [-0.39, 0.29) is 10.8 Å². The molecule has 0 radical (unpaired) electrons. The van der Waals surface area contributed by atoms with Crippen LogP contribution < -0.4 is 9.80 Å². The molecule has 2 heterocycles. The number of anilines is 6. The van der Waals surface area contributed by atoms with Crippen molar-refractivity contribution in [3.63, 3.8) is 0 Å². The Balaban J connectivity index is 0.832. The molecule has 15 aromatic carbocycles. The largest absolute Gasteiger partial charge is 0.454 e. The number of rotatable bonds is 9. The molecule has 4 nitrogen and oxygen atoms in total. The fourth-order valence-corrected chi connectivity index (χ4v) is 16.5. The molecule has 19 rings (SSSR count). The van der Waals surface area contributed by atoms with Crippen molar-refractivity contribution < 1.29 is 8.83 Å². The Bertz CT molecular complexity index is 6090. The summed E-state index contributed by atoms with van der Waals surface area (Å²) in [5.74, 6) is 0.382. The van der Waals surface area contributed by atoms with E-state index >= 15 is 0 Å². The highest BCUT2D eigenvalue weighted by Gasteiger charge is 2.41. The lowest BCUT2D eigenvalue weighted by molar-refractivity contribution is 0.661. The molecule has 0 N–H and O–H groups in total. The van der Waals surface area contributed by atoms with Gasteiger partial charge in [-0.15, -0.1) is 0 Å². The fraction of sp³-hybridized carbons (Fsp3) is 0.0989. The monoisotopic (exact) mass is 1220 g/mol. The maximum Gasteiger partial charge on any atom is 0.159 e. The maximum atomic E-state index is 7.06. The van der Waals surface area contributed by atoms with E-state index in [0.29, 0.717) is 5.92 Å². The van der Waals surface area contributed by atoms with Crippen LogP contribution in [0.3, 0.4) is 0 Å². The quantitative estimate of drug-likeness (QED) is 0.144. The zero-order valence-corrected chi connectivity index (χ0v) is 53.9. The van der Waals surface area contributed by atoms with E-state index < -0.39 is 0 Å². The Labute approximate surface area is 552 Å². The van der Waals surface area contributed by atoms with Crippen molar-refractivity contribution in [2.45, 2.75) is 58.3 Å². The Morgan fingerprint density at radius 3 is 1.33 bits per heavy atom. The third kappa shape index (κ3) is 8.20. The Kier molecular flexibility index (Phi) is 11.9. The van der Waals surface area contributed by atoms with Crippen molar-refractivity contribution in [1.82, 2.24) is 0 Å². The molecule has 0 bridgehead atoms. The Morgan fingerprint density at radius 1 is 0.284 bits per heavy atom. The molecule has 0 amide bonds. The number of hydrogen-bond donors (Lipinski definition) is 0. The highest BCUT2D eigenvalue weighted by molar-refractivity contribution is 6.18. The van der Waals surface area contributed by atoms with E-state index in [1.54, 1.807) is 0 Å². The van der Waals surface area contributed by atoms with Gasteiger partial charge in [0.2, 0.25) is 0 Å². The predicted molar refractivity (Wildman–Crippen MR) is 400 cm³/mol. The smallest absolute Gasteiger partial charge is 0.159 e. The van der Waals surface area contributed by atoms with E-state index in [0.717, 1.165) is 106 Å². The summed E-state index contributed by atoms with van der Waals surface area (Å²) in [6, 6.07) is 106. The van der Waals surface area contributed by atoms with Gasteiger partial charge >= 0.3 is 0 Å². The van der Waals surface area contributed by atoms with Crippen LogP contribution in [-0.4, -0.2) is 0 Å². The number of nitrogens with zero attached hydrogens (tertiary/aromatic N) is 2. The van der Waals surface area contributed by atoms with E-state index in [2.05, 4.69) is 336 Å². The van der Waals surface area contributed by atoms with Gasteiger partial charge in [0.05, 0.1) is 28.4 Å². The van der Waals surface area contributed by atoms with E-state index in [1.165, 1.54) is 87.8 Å². The first-order valence-electron chi connectivity index (χ1n) is 33.4. The Morgan fingerprint density at radius 2 is 0.726 bits per heavy atom. The van der Waals surface area contributed by atoms with Gasteiger partial charge in [-0.1, -0.05) is 236 Å². The number of fused-ring (bicyclic) bond motifs is 18. The van der Waals surface area contributed by atoms with Crippen molar-refractivity contribution >= 4 is 121 Å². The summed E-state index contributed by atoms with van der Waals surface area (Å²) in [5.41, 5.74) is 25.3. The summed E-state index contributed by atoms with van der Waals surface area (Å²) in [4.78, 5) is 4.97. The minimum atomic E-state index is -0.340. The van der Waals surface area contributed by atoms with Crippen LogP contribution in [0.1, 0.15) is 75.3 Å². The molecule has 0 spiro atoms. The fourth-order valence-electron chi connectivity index (χ4n) is 16.5. The number of benzene rings is 15. The SMILES string of the molecule is CC(C)c1ccc(N(c2cc3c(c4cc(-c5cccc(-c6ccccc6N(c6cc7c(c8ccccc68)-c6cc8ccccc8cc6C7(C)C)c6cccc7c6oc6ccccc67)c5)ccc24)-c2cc4ccccc4cc2C3(C)C)c2cccc3c2oc2ccccc23)cc1. The van der Waals surface area contributed by atoms with Crippen molar-refractivity contribution in [3.05, 3.63) is 313 Å². The summed E-state index contributed by atoms with van der Waals surface area (Å²) in [6.45, 7) is 14.2. The molecule has 0 saturated carbocycles. The molecule has 0 atom stereocenters. The molecule has 0 aliphatic heterocycles. The van der Waals surface area contributed by atoms with E-state index in [4.69, 9.17) is 8.83 Å². The lowest BCUT2D eigenvalue weighted by Crippen LogP contribution is -2.17. The van der Waals surface area contributed by atoms with Gasteiger partial charge in [0, 0.05) is 54.4 Å². The molecule has 0 fully saturated rings. The van der Waals surface area contributed by atoms with Crippen molar-refractivity contribution in [3.8, 4) is 44.5 Å². The minimum absolute atomic E-state index is 0.301. The second kappa shape index (κ2) is 20.5. The van der Waals surface area contributed by atoms with Gasteiger partial charge in [-0.3, -0.25) is 0 Å². The number of para-hydroxylation sites is 5. The normalized spacial score (nSPS) is 13.6. The molecule has 452 valence electrons. The second-order valence-corrected chi connectivity index (χ2v) is 27.7. The molecular formula is C91H66N2O2. The first-order valence-corrected chi connectivity index (χ1v) is 33.4. The van der Waals surface area contributed by atoms with Crippen LogP contribution in [0, 0.1) is 0 Å². The van der Waals surface area contributed by atoms with Crippen LogP contribution >= 0.6 is 0 Å². The molecule has 2 aliphatic carbocycles. The third-order valence-corrected chi connectivity index (χ3v) is 21.3. The van der Waals surface area contributed by atoms with Crippen molar-refractivity contribution in [2.75, 3.05) is 9.80 Å². The maximum absolute atomic E-state index is 7.06. The molecule has 2 aliphatic rings. The first-order chi connectivity index (χ1) is 46.4. The van der Waals surface area contributed by atoms with Gasteiger partial charge in [0.25, 0.3) is 0 Å². The van der Waals surface area contributed by atoms with Gasteiger partial charge in [-0.25, -0.2) is 0 Å². The molecular weight excluding hydrogens is 1150 g/mol. The van der Waals surface area contributed by atoms with Crippen LogP contribution in [0.4, 0.5) is 34.1 Å². The van der Waals surface area contributed by atoms with Gasteiger partial charge in [-0.2, -0.15) is 0 Å². The summed E-state index contributed by atoms with van der Waals surface area (Å²) in [6.07, 6.45) is 0. The molecule has 2 aromatic heterocycles. The van der Waals surface area contributed by atoms with Gasteiger partial charge in [0.1, 0.15) is 11.2 Å². The topological polar surface area (TPSA) is 32.8 Å². The molecule has 4 heteroatoms. The zero-order chi connectivity index (χ0) is 63.6. The first kappa shape index (κ1) is 55.2. The van der Waals surface area contributed by atoms with Crippen LogP contribution in [0.15, 0.2) is 294 Å². The number of hydrogen-bond acceptors (Lipinski definition) is 4. The van der Waals surface area contributed by atoms with Crippen LogP contribution in [0.25, 0.3) is 131 Å². The molecule has 0 unspecified atom stereocenters. The second-order valence-electron chi connectivity index (χ2n) is 27.7. The highest BCUT2D eigenvalue weighted by atomic mass is 16.3. The zero-order valence-electron chi connectivity index (χ0n) is 53.9. The average Bonchev–Trinajstić information content (AvgIpc) is 1.58. The van der Waals surface area contributed by atoms with Crippen LogP contribution in [-0.2, 0) is 10.8 Å². The Hall–Kier alpha value is -11.5. The molecule has 17 aromatic rings. The van der Waals surface area contributed by atoms with Gasteiger partial charge in [0.15, 0.2) is 11.2 Å².